The zero-order valence-corrected chi connectivity index (χ0v) is 20.4. The van der Waals surface area contributed by atoms with Gasteiger partial charge in [-0.3, -0.25) is 0 Å². The van der Waals surface area contributed by atoms with E-state index in [2.05, 4.69) is 39.5 Å². The zero-order valence-electron chi connectivity index (χ0n) is 20.4. The maximum absolute atomic E-state index is 10.3. The first-order valence-electron chi connectivity index (χ1n) is 12.7. The molecule has 3 saturated carbocycles. The summed E-state index contributed by atoms with van der Waals surface area (Å²) in [6.07, 6.45) is 14.7. The van der Waals surface area contributed by atoms with E-state index in [1.165, 1.54) is 38.5 Å². The molecule has 3 aliphatic carbocycles. The lowest BCUT2D eigenvalue weighted by molar-refractivity contribution is 0.0393. The third-order valence-electron chi connectivity index (χ3n) is 9.13. The van der Waals surface area contributed by atoms with E-state index in [9.17, 15) is 15.3 Å². The highest BCUT2D eigenvalue weighted by atomic mass is 16.3. The van der Waals surface area contributed by atoms with E-state index < -0.39 is 17.8 Å². The molecule has 0 spiro atoms. The lowest BCUT2D eigenvalue weighted by Crippen LogP contribution is -2.36. The molecule has 0 radical (unpaired) electrons. The topological polar surface area (TPSA) is 60.7 Å². The van der Waals surface area contributed by atoms with Gasteiger partial charge in [0.1, 0.15) is 0 Å². The molecule has 0 aromatic heterocycles. The Hall–Kier alpha value is -0.900. The summed E-state index contributed by atoms with van der Waals surface area (Å²) in [5.41, 5.74) is 3.21. The molecule has 0 saturated heterocycles. The van der Waals surface area contributed by atoms with Crippen LogP contribution in [-0.4, -0.2) is 33.1 Å². The van der Waals surface area contributed by atoms with E-state index in [0.29, 0.717) is 30.1 Å². The molecule has 0 aliphatic heterocycles. The Morgan fingerprint density at radius 3 is 2.71 bits per heavy atom. The van der Waals surface area contributed by atoms with Crippen LogP contribution in [0, 0.1) is 23.2 Å². The molecule has 1 unspecified atom stereocenters. The lowest BCUT2D eigenvalue weighted by Gasteiger charge is -2.44. The third-order valence-corrected chi connectivity index (χ3v) is 9.13. The number of aliphatic hydroxyl groups is 3. The van der Waals surface area contributed by atoms with Gasteiger partial charge >= 0.3 is 0 Å². The summed E-state index contributed by atoms with van der Waals surface area (Å²) < 4.78 is 0. The van der Waals surface area contributed by atoms with E-state index in [4.69, 9.17) is 0 Å². The molecule has 3 aliphatic rings. The standard InChI is InChI=1S/C28H46O3/c1-6-27(4,31)15-7-9-19(2)24-13-14-25-21(10-8-16-28(24,25)5)11-12-22-17-23(29)18-26(30)20(22)3/h11-12,19,23-26,29-31H,3,6-10,13-18H2,1-2,4-5H3/b21-11+,22-12+/t19-,23-,24-,25+,26+,27?,28-/m1/s1. The fraction of sp³-hybridized carbons (Fsp3) is 0.786. The third kappa shape index (κ3) is 5.54. The van der Waals surface area contributed by atoms with Crippen molar-refractivity contribution in [1.29, 1.82) is 0 Å². The summed E-state index contributed by atoms with van der Waals surface area (Å²) in [7, 11) is 0. The van der Waals surface area contributed by atoms with Crippen LogP contribution in [-0.2, 0) is 0 Å². The lowest BCUT2D eigenvalue weighted by atomic mass is 9.60. The van der Waals surface area contributed by atoms with Crippen molar-refractivity contribution in [3.8, 4) is 0 Å². The minimum Gasteiger partial charge on any atom is -0.393 e. The Bertz CT molecular complexity index is 703. The van der Waals surface area contributed by atoms with Crippen LogP contribution in [0.4, 0.5) is 0 Å². The van der Waals surface area contributed by atoms with Crippen LogP contribution in [0.25, 0.3) is 0 Å². The normalized spacial score (nSPS) is 39.5. The fourth-order valence-electron chi connectivity index (χ4n) is 6.86. The number of hydrogen-bond donors (Lipinski definition) is 3. The molecular weight excluding hydrogens is 384 g/mol. The van der Waals surface area contributed by atoms with Crippen molar-refractivity contribution in [2.45, 2.75) is 116 Å². The summed E-state index contributed by atoms with van der Waals surface area (Å²) in [6.45, 7) is 13.1. The number of allylic oxidation sites excluding steroid dienone is 3. The maximum atomic E-state index is 10.3. The summed E-state index contributed by atoms with van der Waals surface area (Å²) in [5, 5.41) is 30.5. The summed E-state index contributed by atoms with van der Waals surface area (Å²) in [4.78, 5) is 0. The first kappa shape index (κ1) is 24.7. The van der Waals surface area contributed by atoms with E-state index in [-0.39, 0.29) is 0 Å². The van der Waals surface area contributed by atoms with Crippen molar-refractivity contribution in [3.63, 3.8) is 0 Å². The van der Waals surface area contributed by atoms with Crippen LogP contribution in [0.1, 0.15) is 98.3 Å². The molecule has 3 fully saturated rings. The molecule has 0 bridgehead atoms. The SMILES string of the molecule is C=C1/C(=C/C=C2\CCC[C@]3(C)[C@@H]([C@H](C)CCCC(C)(O)CC)CC[C@@H]23)C[C@@H](O)C[C@@H]1O. The Morgan fingerprint density at radius 1 is 1.26 bits per heavy atom. The predicted molar refractivity (Wildman–Crippen MR) is 129 cm³/mol. The molecule has 0 heterocycles. The van der Waals surface area contributed by atoms with E-state index in [0.717, 1.165) is 36.3 Å². The van der Waals surface area contributed by atoms with Gasteiger partial charge in [-0.05, 0) is 92.6 Å². The van der Waals surface area contributed by atoms with Gasteiger partial charge in [-0.2, -0.15) is 0 Å². The summed E-state index contributed by atoms with van der Waals surface area (Å²) in [5.74, 6) is 2.11. The number of fused-ring (bicyclic) bond motifs is 1. The highest BCUT2D eigenvalue weighted by Gasteiger charge is 2.50. The highest BCUT2D eigenvalue weighted by Crippen LogP contribution is 2.60. The van der Waals surface area contributed by atoms with Crippen LogP contribution in [0.15, 0.2) is 35.5 Å². The fourth-order valence-corrected chi connectivity index (χ4v) is 6.86. The molecular formula is C28H46O3. The van der Waals surface area contributed by atoms with Crippen LogP contribution in [0.5, 0.6) is 0 Å². The molecule has 3 heteroatoms. The second-order valence-electron chi connectivity index (χ2n) is 11.4. The first-order valence-corrected chi connectivity index (χ1v) is 12.7. The monoisotopic (exact) mass is 430 g/mol. The number of aliphatic hydroxyl groups excluding tert-OH is 2. The Labute approximate surface area is 190 Å². The van der Waals surface area contributed by atoms with E-state index in [1.54, 1.807) is 5.57 Å². The van der Waals surface area contributed by atoms with E-state index in [1.807, 2.05) is 6.92 Å². The quantitative estimate of drug-likeness (QED) is 0.458. The van der Waals surface area contributed by atoms with Crippen molar-refractivity contribution >= 4 is 0 Å². The van der Waals surface area contributed by atoms with Crippen molar-refractivity contribution < 1.29 is 15.3 Å². The highest BCUT2D eigenvalue weighted by molar-refractivity contribution is 5.38. The van der Waals surface area contributed by atoms with Crippen molar-refractivity contribution in [3.05, 3.63) is 35.5 Å². The average Bonchev–Trinajstić information content (AvgIpc) is 3.07. The smallest absolute Gasteiger partial charge is 0.0811 e. The van der Waals surface area contributed by atoms with Crippen LogP contribution in [0.3, 0.4) is 0 Å². The van der Waals surface area contributed by atoms with Gasteiger partial charge in [-0.25, -0.2) is 0 Å². The van der Waals surface area contributed by atoms with Gasteiger partial charge in [-0.1, -0.05) is 57.9 Å². The van der Waals surface area contributed by atoms with Crippen molar-refractivity contribution in [2.75, 3.05) is 0 Å². The molecule has 3 nitrogen and oxygen atoms in total. The largest absolute Gasteiger partial charge is 0.393 e. The summed E-state index contributed by atoms with van der Waals surface area (Å²) in [6, 6.07) is 0. The average molecular weight is 431 g/mol. The molecule has 176 valence electrons. The number of hydrogen-bond acceptors (Lipinski definition) is 3. The van der Waals surface area contributed by atoms with Gasteiger partial charge < -0.3 is 15.3 Å². The van der Waals surface area contributed by atoms with Gasteiger partial charge in [0.25, 0.3) is 0 Å². The molecule has 0 aromatic carbocycles. The van der Waals surface area contributed by atoms with Crippen LogP contribution >= 0.6 is 0 Å². The minimum absolute atomic E-state index is 0.373. The van der Waals surface area contributed by atoms with Crippen molar-refractivity contribution in [2.24, 2.45) is 23.2 Å². The van der Waals surface area contributed by atoms with Gasteiger partial charge in [0.15, 0.2) is 0 Å². The Balaban J connectivity index is 1.68. The predicted octanol–water partition coefficient (Wildman–Crippen LogP) is 6.09. The number of rotatable bonds is 7. The molecule has 3 rings (SSSR count). The molecule has 0 amide bonds. The second kappa shape index (κ2) is 9.93. The van der Waals surface area contributed by atoms with Gasteiger partial charge in [-0.15, -0.1) is 0 Å². The molecule has 31 heavy (non-hydrogen) atoms. The summed E-state index contributed by atoms with van der Waals surface area (Å²) >= 11 is 0. The Morgan fingerprint density at radius 2 is 2.00 bits per heavy atom. The first-order chi connectivity index (χ1) is 14.6. The maximum Gasteiger partial charge on any atom is 0.0811 e. The second-order valence-corrected chi connectivity index (χ2v) is 11.4. The van der Waals surface area contributed by atoms with E-state index >= 15 is 0 Å². The van der Waals surface area contributed by atoms with Crippen molar-refractivity contribution in [1.82, 2.24) is 0 Å². The molecule has 3 N–H and O–H groups in total. The van der Waals surface area contributed by atoms with Gasteiger partial charge in [0, 0.05) is 6.42 Å². The Kier molecular flexibility index (Phi) is 7.92. The van der Waals surface area contributed by atoms with Gasteiger partial charge in [0.2, 0.25) is 0 Å². The molecule has 7 atom stereocenters. The van der Waals surface area contributed by atoms with Crippen LogP contribution in [0.2, 0.25) is 0 Å². The molecule has 0 aromatic rings. The van der Waals surface area contributed by atoms with Crippen LogP contribution < -0.4 is 0 Å². The van der Waals surface area contributed by atoms with Gasteiger partial charge in [0.05, 0.1) is 17.8 Å². The minimum atomic E-state index is -0.616. The zero-order chi connectivity index (χ0) is 22.8.